The van der Waals surface area contributed by atoms with E-state index in [0.717, 1.165) is 49.1 Å². The molecule has 0 aromatic heterocycles. The normalized spacial score (nSPS) is 30.2. The van der Waals surface area contributed by atoms with Crippen LogP contribution in [0, 0.1) is 29.0 Å². The molecule has 4 aliphatic rings. The van der Waals surface area contributed by atoms with E-state index in [-0.39, 0.29) is 40.5 Å². The zero-order chi connectivity index (χ0) is 25.9. The highest BCUT2D eigenvalue weighted by molar-refractivity contribution is 7.89. The second-order valence-electron chi connectivity index (χ2n) is 10.7. The molecule has 0 saturated heterocycles. The SMILES string of the molecule is CC(NC(=O)C12CC3CC(C1)C(NS(=O)(=O)c1ccc(C(F)(F)F)cc1)C(C3)C2)c1ccc(F)cc1. The van der Waals surface area contributed by atoms with E-state index in [0.29, 0.717) is 18.8 Å². The zero-order valence-corrected chi connectivity index (χ0v) is 20.5. The van der Waals surface area contributed by atoms with E-state index in [1.165, 1.54) is 12.1 Å². The van der Waals surface area contributed by atoms with Crippen LogP contribution in [-0.4, -0.2) is 20.4 Å². The van der Waals surface area contributed by atoms with Gasteiger partial charge in [0, 0.05) is 6.04 Å². The summed E-state index contributed by atoms with van der Waals surface area (Å²) >= 11 is 0. The molecule has 3 atom stereocenters. The Bertz CT molecular complexity index is 1230. The fourth-order valence-electron chi connectivity index (χ4n) is 6.75. The van der Waals surface area contributed by atoms with E-state index in [9.17, 15) is 30.8 Å². The lowest BCUT2D eigenvalue weighted by atomic mass is 9.47. The number of carbonyl (C=O) groups excluding carboxylic acids is 1. The van der Waals surface area contributed by atoms with E-state index >= 15 is 0 Å². The summed E-state index contributed by atoms with van der Waals surface area (Å²) in [6.45, 7) is 1.85. The van der Waals surface area contributed by atoms with E-state index < -0.39 is 27.2 Å². The molecular formula is C26H28F4N2O3S. The van der Waals surface area contributed by atoms with Crippen LogP contribution >= 0.6 is 0 Å². The van der Waals surface area contributed by atoms with Crippen LogP contribution in [0.5, 0.6) is 0 Å². The second kappa shape index (κ2) is 8.83. The first-order valence-corrected chi connectivity index (χ1v) is 13.6. The average Bonchev–Trinajstić information content (AvgIpc) is 2.81. The van der Waals surface area contributed by atoms with Crippen molar-refractivity contribution in [3.8, 4) is 0 Å². The maximum absolute atomic E-state index is 13.5. The molecule has 36 heavy (non-hydrogen) atoms. The summed E-state index contributed by atoms with van der Waals surface area (Å²) in [5.41, 5.74) is -0.670. The van der Waals surface area contributed by atoms with Crippen LogP contribution in [0.3, 0.4) is 0 Å². The molecule has 4 saturated carbocycles. The summed E-state index contributed by atoms with van der Waals surface area (Å²) in [7, 11) is -4.01. The third-order valence-electron chi connectivity index (χ3n) is 8.26. The van der Waals surface area contributed by atoms with Gasteiger partial charge in [-0.2, -0.15) is 13.2 Å². The fourth-order valence-corrected chi connectivity index (χ4v) is 8.12. The number of carbonyl (C=O) groups is 1. The number of hydrogen-bond donors (Lipinski definition) is 2. The van der Waals surface area contributed by atoms with Gasteiger partial charge in [0.25, 0.3) is 0 Å². The molecule has 5 nitrogen and oxygen atoms in total. The smallest absolute Gasteiger partial charge is 0.349 e. The zero-order valence-electron chi connectivity index (χ0n) is 19.7. The maximum atomic E-state index is 13.5. The van der Waals surface area contributed by atoms with Crippen LogP contribution in [0.15, 0.2) is 53.4 Å². The van der Waals surface area contributed by atoms with Crippen LogP contribution < -0.4 is 10.0 Å². The number of halogens is 4. The van der Waals surface area contributed by atoms with Gasteiger partial charge in [-0.25, -0.2) is 17.5 Å². The molecule has 4 fully saturated rings. The van der Waals surface area contributed by atoms with E-state index in [1.807, 2.05) is 6.92 Å². The monoisotopic (exact) mass is 524 g/mol. The molecule has 2 aromatic carbocycles. The van der Waals surface area contributed by atoms with Gasteiger partial charge in [0.05, 0.1) is 21.9 Å². The Hall–Kier alpha value is -2.46. The van der Waals surface area contributed by atoms with Gasteiger partial charge in [-0.15, -0.1) is 0 Å². The summed E-state index contributed by atoms with van der Waals surface area (Å²) < 4.78 is 80.7. The maximum Gasteiger partial charge on any atom is 0.416 e. The van der Waals surface area contributed by atoms with Crippen molar-refractivity contribution in [2.45, 2.75) is 62.2 Å². The van der Waals surface area contributed by atoms with Crippen molar-refractivity contribution in [1.82, 2.24) is 10.0 Å². The molecule has 2 aromatic rings. The van der Waals surface area contributed by atoms with Crippen LogP contribution in [0.4, 0.5) is 17.6 Å². The standard InChI is InChI=1S/C26H28F4N2O3S/c1-15(17-2-6-21(27)7-3-17)31-24(33)25-12-16-10-18(13-25)23(19(11-16)14-25)32-36(34,35)22-8-4-20(5-9-22)26(28,29)30/h2-9,15-16,18-19,23,32H,10-14H2,1H3,(H,31,33). The summed E-state index contributed by atoms with van der Waals surface area (Å²) in [4.78, 5) is 13.3. The quantitative estimate of drug-likeness (QED) is 0.511. The van der Waals surface area contributed by atoms with Crippen molar-refractivity contribution in [2.24, 2.45) is 23.2 Å². The first kappa shape index (κ1) is 25.2. The van der Waals surface area contributed by atoms with Crippen molar-refractivity contribution < 1.29 is 30.8 Å². The fraction of sp³-hybridized carbons (Fsp3) is 0.500. The third kappa shape index (κ3) is 4.65. The van der Waals surface area contributed by atoms with Crippen molar-refractivity contribution in [3.05, 3.63) is 65.5 Å². The second-order valence-corrected chi connectivity index (χ2v) is 12.4. The van der Waals surface area contributed by atoms with E-state index in [2.05, 4.69) is 10.0 Å². The minimum atomic E-state index is -4.54. The first-order valence-electron chi connectivity index (χ1n) is 12.1. The Morgan fingerprint density at radius 3 is 2.11 bits per heavy atom. The highest BCUT2D eigenvalue weighted by atomic mass is 32.2. The Kier molecular flexibility index (Phi) is 6.18. The summed E-state index contributed by atoms with van der Waals surface area (Å²) in [6, 6.07) is 8.86. The number of alkyl halides is 3. The van der Waals surface area contributed by atoms with Crippen LogP contribution in [-0.2, 0) is 21.0 Å². The largest absolute Gasteiger partial charge is 0.416 e. The van der Waals surface area contributed by atoms with Crippen LogP contribution in [0.1, 0.15) is 56.2 Å². The molecule has 10 heteroatoms. The van der Waals surface area contributed by atoms with Gasteiger partial charge in [-0.1, -0.05) is 12.1 Å². The summed E-state index contributed by atoms with van der Waals surface area (Å²) in [6.07, 6.45) is -1.02. The first-order chi connectivity index (χ1) is 16.9. The third-order valence-corrected chi connectivity index (χ3v) is 9.73. The highest BCUT2D eigenvalue weighted by Crippen LogP contribution is 2.60. The number of hydrogen-bond acceptors (Lipinski definition) is 3. The van der Waals surface area contributed by atoms with Gasteiger partial charge in [-0.05, 0) is 98.7 Å². The van der Waals surface area contributed by atoms with Gasteiger partial charge in [0.1, 0.15) is 5.82 Å². The lowest BCUT2D eigenvalue weighted by Gasteiger charge is -2.59. The Labute approximate surface area is 207 Å². The molecular weight excluding hydrogens is 496 g/mol. The van der Waals surface area contributed by atoms with Gasteiger partial charge >= 0.3 is 6.18 Å². The van der Waals surface area contributed by atoms with E-state index in [4.69, 9.17) is 0 Å². The molecule has 3 unspecified atom stereocenters. The highest BCUT2D eigenvalue weighted by Gasteiger charge is 2.59. The molecule has 1 amide bonds. The lowest BCUT2D eigenvalue weighted by molar-refractivity contribution is -0.149. The van der Waals surface area contributed by atoms with Crippen molar-refractivity contribution in [2.75, 3.05) is 0 Å². The van der Waals surface area contributed by atoms with Gasteiger partial charge in [-0.3, -0.25) is 4.79 Å². The molecule has 4 aliphatic carbocycles. The minimum Gasteiger partial charge on any atom is -0.349 e. The Balaban J connectivity index is 1.29. The van der Waals surface area contributed by atoms with Crippen molar-refractivity contribution in [3.63, 3.8) is 0 Å². The number of rotatable bonds is 6. The Morgan fingerprint density at radius 2 is 1.56 bits per heavy atom. The van der Waals surface area contributed by atoms with Crippen LogP contribution in [0.2, 0.25) is 0 Å². The predicted octanol–water partition coefficient (Wildman–Crippen LogP) is 5.20. The number of benzene rings is 2. The summed E-state index contributed by atoms with van der Waals surface area (Å²) in [5, 5.41) is 3.09. The predicted molar refractivity (Wildman–Crippen MR) is 124 cm³/mol. The Morgan fingerprint density at radius 1 is 0.972 bits per heavy atom. The number of amides is 1. The van der Waals surface area contributed by atoms with Crippen molar-refractivity contribution >= 4 is 15.9 Å². The molecule has 0 radical (unpaired) electrons. The van der Waals surface area contributed by atoms with Crippen molar-refractivity contribution in [1.29, 1.82) is 0 Å². The molecule has 2 N–H and O–H groups in total. The molecule has 0 spiro atoms. The average molecular weight is 525 g/mol. The van der Waals surface area contributed by atoms with Gasteiger partial charge in [0.15, 0.2) is 0 Å². The van der Waals surface area contributed by atoms with Crippen LogP contribution in [0.25, 0.3) is 0 Å². The van der Waals surface area contributed by atoms with Gasteiger partial charge in [0.2, 0.25) is 15.9 Å². The summed E-state index contributed by atoms with van der Waals surface area (Å²) in [5.74, 6) is -0.105. The van der Waals surface area contributed by atoms with Gasteiger partial charge < -0.3 is 5.32 Å². The molecule has 6 rings (SSSR count). The molecule has 194 valence electrons. The lowest BCUT2D eigenvalue weighted by Crippen LogP contribution is -2.62. The molecule has 4 bridgehead atoms. The number of nitrogens with one attached hydrogen (secondary N) is 2. The molecule has 0 aliphatic heterocycles. The minimum absolute atomic E-state index is 0.0210. The van der Waals surface area contributed by atoms with E-state index in [1.54, 1.807) is 12.1 Å². The number of sulfonamides is 1. The topological polar surface area (TPSA) is 75.3 Å². The molecule has 0 heterocycles.